The number of amides is 1. The first-order valence-corrected chi connectivity index (χ1v) is 9.48. The molecule has 4 aromatic rings. The fraction of sp³-hybridized carbons (Fsp3) is 0.174. The van der Waals surface area contributed by atoms with Gasteiger partial charge in [-0.2, -0.15) is 5.10 Å². The number of aryl methyl sites for hydroxylation is 1. The molecule has 2 heterocycles. The van der Waals surface area contributed by atoms with Crippen LogP contribution in [0.4, 0.5) is 0 Å². The van der Waals surface area contributed by atoms with E-state index in [1.54, 1.807) is 12.4 Å². The van der Waals surface area contributed by atoms with Gasteiger partial charge in [-0.1, -0.05) is 54.6 Å². The molecule has 2 aromatic heterocycles. The summed E-state index contributed by atoms with van der Waals surface area (Å²) in [5.41, 5.74) is 4.18. The van der Waals surface area contributed by atoms with E-state index >= 15 is 0 Å². The number of pyridine rings is 1. The third-order valence-corrected chi connectivity index (χ3v) is 4.69. The number of nitrogens with zero attached hydrogens (tertiary/aromatic N) is 3. The molecule has 0 radical (unpaired) electrons. The molecule has 0 saturated heterocycles. The summed E-state index contributed by atoms with van der Waals surface area (Å²) in [6.45, 7) is 1.21. The first kappa shape index (κ1) is 17.9. The molecule has 5 heteroatoms. The Morgan fingerprint density at radius 3 is 2.61 bits per heavy atom. The Morgan fingerprint density at radius 2 is 1.79 bits per heavy atom. The van der Waals surface area contributed by atoms with Crippen molar-refractivity contribution in [3.8, 4) is 11.3 Å². The van der Waals surface area contributed by atoms with E-state index in [9.17, 15) is 4.79 Å². The lowest BCUT2D eigenvalue weighted by Crippen LogP contribution is -2.22. The van der Waals surface area contributed by atoms with Crippen molar-refractivity contribution in [1.82, 2.24) is 20.1 Å². The number of para-hydroxylation sites is 1. The highest BCUT2D eigenvalue weighted by molar-refractivity contribution is 5.93. The van der Waals surface area contributed by atoms with Crippen LogP contribution in [0.5, 0.6) is 0 Å². The van der Waals surface area contributed by atoms with Gasteiger partial charge >= 0.3 is 0 Å². The largest absolute Gasteiger partial charge is 0.352 e. The van der Waals surface area contributed by atoms with Crippen LogP contribution in [0.2, 0.25) is 0 Å². The summed E-state index contributed by atoms with van der Waals surface area (Å²) in [5, 5.41) is 8.91. The maximum atomic E-state index is 12.1. The van der Waals surface area contributed by atoms with Crippen LogP contribution in [-0.2, 0) is 17.9 Å². The van der Waals surface area contributed by atoms with E-state index in [1.165, 1.54) is 0 Å². The fourth-order valence-electron chi connectivity index (χ4n) is 3.29. The fourth-order valence-corrected chi connectivity index (χ4v) is 3.29. The minimum absolute atomic E-state index is 0.0450. The van der Waals surface area contributed by atoms with Gasteiger partial charge in [0.25, 0.3) is 0 Å². The Morgan fingerprint density at radius 1 is 0.964 bits per heavy atom. The monoisotopic (exact) mass is 370 g/mol. The third-order valence-electron chi connectivity index (χ3n) is 4.69. The average molecular weight is 370 g/mol. The third kappa shape index (κ3) is 4.09. The Hall–Kier alpha value is -3.47. The van der Waals surface area contributed by atoms with Gasteiger partial charge in [-0.05, 0) is 24.1 Å². The van der Waals surface area contributed by atoms with Crippen LogP contribution >= 0.6 is 0 Å². The number of aromatic nitrogens is 3. The number of rotatable bonds is 7. The smallest absolute Gasteiger partial charge is 0.220 e. The molecule has 1 amide bonds. The molecule has 0 aliphatic rings. The second-order valence-corrected chi connectivity index (χ2v) is 6.70. The number of hydrogen-bond acceptors (Lipinski definition) is 3. The zero-order valence-corrected chi connectivity index (χ0v) is 15.6. The Bertz CT molecular complexity index is 1060. The number of fused-ring (bicyclic) bond motifs is 1. The molecular formula is C23H22N4O. The van der Waals surface area contributed by atoms with Crippen LogP contribution in [0.15, 0.2) is 79.1 Å². The number of hydrogen-bond donors (Lipinski definition) is 1. The van der Waals surface area contributed by atoms with Crippen LogP contribution in [0.1, 0.15) is 18.4 Å². The molecule has 0 saturated carbocycles. The molecule has 0 aliphatic carbocycles. The highest BCUT2D eigenvalue weighted by Gasteiger charge is 2.12. The summed E-state index contributed by atoms with van der Waals surface area (Å²) in [4.78, 5) is 16.2. The second kappa shape index (κ2) is 8.48. The molecule has 0 atom stereocenters. The van der Waals surface area contributed by atoms with Crippen molar-refractivity contribution in [1.29, 1.82) is 0 Å². The Labute approximate surface area is 164 Å². The highest BCUT2D eigenvalue weighted by Crippen LogP contribution is 2.27. The van der Waals surface area contributed by atoms with Gasteiger partial charge < -0.3 is 5.32 Å². The Balaban J connectivity index is 1.40. The minimum atomic E-state index is 0.0450. The molecule has 140 valence electrons. The van der Waals surface area contributed by atoms with Crippen molar-refractivity contribution in [2.75, 3.05) is 0 Å². The lowest BCUT2D eigenvalue weighted by molar-refractivity contribution is -0.121. The van der Waals surface area contributed by atoms with E-state index in [4.69, 9.17) is 5.10 Å². The summed E-state index contributed by atoms with van der Waals surface area (Å²) < 4.78 is 2.01. The quantitative estimate of drug-likeness (QED) is 0.530. The van der Waals surface area contributed by atoms with Crippen LogP contribution in [0.3, 0.4) is 0 Å². The summed E-state index contributed by atoms with van der Waals surface area (Å²) in [5.74, 6) is 0.0450. The van der Waals surface area contributed by atoms with Crippen molar-refractivity contribution in [3.05, 3.63) is 84.7 Å². The molecule has 4 rings (SSSR count). The normalized spacial score (nSPS) is 10.9. The van der Waals surface area contributed by atoms with Crippen molar-refractivity contribution < 1.29 is 4.79 Å². The summed E-state index contributed by atoms with van der Waals surface area (Å²) in [6.07, 6.45) is 4.69. The van der Waals surface area contributed by atoms with E-state index in [1.807, 2.05) is 47.1 Å². The molecule has 1 N–H and O–H groups in total. The van der Waals surface area contributed by atoms with Crippen LogP contribution < -0.4 is 5.32 Å². The predicted octanol–water partition coefficient (Wildman–Crippen LogP) is 4.19. The van der Waals surface area contributed by atoms with Crippen molar-refractivity contribution >= 4 is 16.8 Å². The first-order chi connectivity index (χ1) is 13.8. The van der Waals surface area contributed by atoms with Gasteiger partial charge in [0.05, 0.1) is 5.52 Å². The van der Waals surface area contributed by atoms with Gasteiger partial charge in [0, 0.05) is 42.9 Å². The molecule has 0 spiro atoms. The molecule has 5 nitrogen and oxygen atoms in total. The van der Waals surface area contributed by atoms with Gasteiger partial charge in [0.2, 0.25) is 5.91 Å². The van der Waals surface area contributed by atoms with E-state index in [0.29, 0.717) is 19.5 Å². The molecule has 28 heavy (non-hydrogen) atoms. The standard InChI is InChI=1S/C23H22N4O/c28-22(25-17-18-8-6-14-24-16-18)13-7-15-27-21-12-5-4-11-20(21)23(26-27)19-9-2-1-3-10-19/h1-6,8-12,14,16H,7,13,15,17H2,(H,25,28). The maximum Gasteiger partial charge on any atom is 0.220 e. The molecule has 2 aromatic carbocycles. The van der Waals surface area contributed by atoms with Gasteiger partial charge in [-0.25, -0.2) is 0 Å². The summed E-state index contributed by atoms with van der Waals surface area (Å²) in [6, 6.07) is 22.3. The van der Waals surface area contributed by atoms with Gasteiger partial charge in [-0.3, -0.25) is 14.5 Å². The average Bonchev–Trinajstić information content (AvgIpc) is 3.12. The predicted molar refractivity (Wildman–Crippen MR) is 110 cm³/mol. The van der Waals surface area contributed by atoms with E-state index in [-0.39, 0.29) is 5.91 Å². The van der Waals surface area contributed by atoms with Crippen LogP contribution in [0.25, 0.3) is 22.2 Å². The van der Waals surface area contributed by atoms with Crippen LogP contribution in [-0.4, -0.2) is 20.7 Å². The SMILES string of the molecule is O=C(CCCn1nc(-c2ccccc2)c2ccccc21)NCc1cccnc1. The minimum Gasteiger partial charge on any atom is -0.352 e. The van der Waals surface area contributed by atoms with Crippen molar-refractivity contribution in [2.24, 2.45) is 0 Å². The second-order valence-electron chi connectivity index (χ2n) is 6.70. The molecule has 0 unspecified atom stereocenters. The van der Waals surface area contributed by atoms with Crippen molar-refractivity contribution in [3.63, 3.8) is 0 Å². The van der Waals surface area contributed by atoms with Gasteiger partial charge in [0.1, 0.15) is 5.69 Å². The van der Waals surface area contributed by atoms with Crippen LogP contribution in [0, 0.1) is 0 Å². The summed E-state index contributed by atoms with van der Waals surface area (Å²) in [7, 11) is 0. The van der Waals surface area contributed by atoms with Crippen molar-refractivity contribution in [2.45, 2.75) is 25.9 Å². The molecule has 0 aliphatic heterocycles. The number of benzene rings is 2. The summed E-state index contributed by atoms with van der Waals surface area (Å²) >= 11 is 0. The number of carbonyl (C=O) groups excluding carboxylic acids is 1. The zero-order chi connectivity index (χ0) is 19.2. The zero-order valence-electron chi connectivity index (χ0n) is 15.6. The van der Waals surface area contributed by atoms with Gasteiger partial charge in [-0.15, -0.1) is 0 Å². The number of carbonyl (C=O) groups is 1. The maximum absolute atomic E-state index is 12.1. The lowest BCUT2D eigenvalue weighted by atomic mass is 10.1. The lowest BCUT2D eigenvalue weighted by Gasteiger charge is -2.06. The molecule has 0 bridgehead atoms. The number of nitrogens with one attached hydrogen (secondary N) is 1. The molecule has 0 fully saturated rings. The van der Waals surface area contributed by atoms with Gasteiger partial charge in [0.15, 0.2) is 0 Å². The first-order valence-electron chi connectivity index (χ1n) is 9.48. The highest BCUT2D eigenvalue weighted by atomic mass is 16.1. The van der Waals surface area contributed by atoms with E-state index < -0.39 is 0 Å². The van der Waals surface area contributed by atoms with E-state index in [0.717, 1.165) is 34.1 Å². The van der Waals surface area contributed by atoms with E-state index in [2.05, 4.69) is 34.6 Å². The topological polar surface area (TPSA) is 59.8 Å². The molecular weight excluding hydrogens is 348 g/mol. The Kier molecular flexibility index (Phi) is 5.43.